The molecule has 1 saturated heterocycles. The molecular formula is C22H31N3O2S. The number of thiazole rings is 1. The Hall–Kier alpha value is -1.50. The second kappa shape index (κ2) is 8.89. The molecule has 1 saturated carbocycles. The summed E-state index contributed by atoms with van der Waals surface area (Å²) in [6.45, 7) is 9.65. The van der Waals surface area contributed by atoms with E-state index in [0.29, 0.717) is 0 Å². The summed E-state index contributed by atoms with van der Waals surface area (Å²) in [5, 5.41) is 0.877. The van der Waals surface area contributed by atoms with Crippen molar-refractivity contribution in [2.45, 2.75) is 46.0 Å². The fourth-order valence-corrected chi connectivity index (χ4v) is 5.50. The van der Waals surface area contributed by atoms with E-state index >= 15 is 0 Å². The summed E-state index contributed by atoms with van der Waals surface area (Å²) in [7, 11) is 0. The number of carbonyl (C=O) groups is 1. The lowest BCUT2D eigenvalue weighted by atomic mass is 10.1. The standard InChI is InChI=1S/C22H31N3O2S/c1-16-14-17(2)20-19(15-16)23-22(28-20)25(21(26)18-6-3-4-7-18)9-5-8-24-10-12-27-13-11-24/h14-15,18H,3-13H2,1-2H3. The molecule has 0 atom stereocenters. The number of amides is 1. The van der Waals surface area contributed by atoms with Gasteiger partial charge in [-0.1, -0.05) is 30.2 Å². The second-order valence-electron chi connectivity index (χ2n) is 8.21. The molecule has 0 spiro atoms. The average molecular weight is 402 g/mol. The van der Waals surface area contributed by atoms with E-state index in [-0.39, 0.29) is 11.8 Å². The van der Waals surface area contributed by atoms with Gasteiger partial charge in [0.1, 0.15) is 0 Å². The van der Waals surface area contributed by atoms with Crippen LogP contribution in [0.2, 0.25) is 0 Å². The highest BCUT2D eigenvalue weighted by Gasteiger charge is 2.30. The molecule has 2 heterocycles. The highest BCUT2D eigenvalue weighted by atomic mass is 32.1. The molecule has 28 heavy (non-hydrogen) atoms. The molecule has 2 aromatic rings. The van der Waals surface area contributed by atoms with Crippen molar-refractivity contribution in [3.05, 3.63) is 23.3 Å². The number of morpholine rings is 1. The fraction of sp³-hybridized carbons (Fsp3) is 0.636. The summed E-state index contributed by atoms with van der Waals surface area (Å²) in [5.41, 5.74) is 3.50. The minimum absolute atomic E-state index is 0.179. The van der Waals surface area contributed by atoms with Crippen LogP contribution in [0.4, 0.5) is 5.13 Å². The molecule has 1 amide bonds. The first kappa shape index (κ1) is 19.8. The number of aryl methyl sites for hydroxylation is 2. The maximum absolute atomic E-state index is 13.3. The Bertz CT molecular complexity index is 823. The highest BCUT2D eigenvalue weighted by Crippen LogP contribution is 2.35. The van der Waals surface area contributed by atoms with Gasteiger partial charge in [-0.3, -0.25) is 14.6 Å². The van der Waals surface area contributed by atoms with E-state index < -0.39 is 0 Å². The molecule has 1 aliphatic heterocycles. The number of hydrogen-bond acceptors (Lipinski definition) is 5. The number of fused-ring (bicyclic) bond motifs is 1. The molecule has 5 nitrogen and oxygen atoms in total. The van der Waals surface area contributed by atoms with Gasteiger partial charge in [-0.15, -0.1) is 0 Å². The lowest BCUT2D eigenvalue weighted by Gasteiger charge is -2.28. The van der Waals surface area contributed by atoms with Gasteiger partial charge in [0.2, 0.25) is 5.91 Å². The average Bonchev–Trinajstić information content (AvgIpc) is 3.35. The molecule has 4 rings (SSSR count). The number of carbonyl (C=O) groups excluding carboxylic acids is 1. The quantitative estimate of drug-likeness (QED) is 0.729. The minimum Gasteiger partial charge on any atom is -0.379 e. The van der Waals surface area contributed by atoms with Crippen LogP contribution in [-0.2, 0) is 9.53 Å². The molecule has 2 fully saturated rings. The number of benzene rings is 1. The fourth-order valence-electron chi connectivity index (χ4n) is 4.45. The molecule has 0 bridgehead atoms. The number of aromatic nitrogens is 1. The summed E-state index contributed by atoms with van der Waals surface area (Å²) >= 11 is 1.67. The predicted molar refractivity (Wildman–Crippen MR) is 115 cm³/mol. The van der Waals surface area contributed by atoms with Crippen molar-refractivity contribution in [3.63, 3.8) is 0 Å². The Labute approximate surface area is 171 Å². The molecule has 2 aliphatic rings. The lowest BCUT2D eigenvalue weighted by molar-refractivity contribution is -0.122. The van der Waals surface area contributed by atoms with Gasteiger partial charge in [-0.2, -0.15) is 0 Å². The van der Waals surface area contributed by atoms with Crippen LogP contribution in [0.1, 0.15) is 43.2 Å². The predicted octanol–water partition coefficient (Wildman–Crippen LogP) is 4.16. The summed E-state index contributed by atoms with van der Waals surface area (Å²) in [4.78, 5) is 22.6. The van der Waals surface area contributed by atoms with Crippen LogP contribution in [0.5, 0.6) is 0 Å². The van der Waals surface area contributed by atoms with Crippen LogP contribution < -0.4 is 4.90 Å². The molecule has 0 N–H and O–H groups in total. The van der Waals surface area contributed by atoms with Crippen LogP contribution >= 0.6 is 11.3 Å². The van der Waals surface area contributed by atoms with E-state index in [1.807, 2.05) is 4.90 Å². The number of hydrogen-bond donors (Lipinski definition) is 0. The molecule has 1 aliphatic carbocycles. The van der Waals surface area contributed by atoms with E-state index in [9.17, 15) is 4.79 Å². The number of anilines is 1. The topological polar surface area (TPSA) is 45.7 Å². The molecule has 1 aromatic carbocycles. The summed E-state index contributed by atoms with van der Waals surface area (Å²) < 4.78 is 6.65. The van der Waals surface area contributed by atoms with Crippen molar-refractivity contribution in [1.82, 2.24) is 9.88 Å². The zero-order chi connectivity index (χ0) is 19.5. The molecule has 0 radical (unpaired) electrons. The SMILES string of the molecule is Cc1cc(C)c2sc(N(CCCN3CCOCC3)C(=O)C3CCCC3)nc2c1. The largest absolute Gasteiger partial charge is 0.379 e. The third kappa shape index (κ3) is 4.39. The first-order chi connectivity index (χ1) is 13.6. The van der Waals surface area contributed by atoms with Crippen molar-refractivity contribution >= 4 is 32.6 Å². The van der Waals surface area contributed by atoms with Gasteiger partial charge >= 0.3 is 0 Å². The van der Waals surface area contributed by atoms with Gasteiger partial charge < -0.3 is 4.74 Å². The van der Waals surface area contributed by atoms with Crippen LogP contribution in [0.25, 0.3) is 10.2 Å². The van der Waals surface area contributed by atoms with Gasteiger partial charge in [-0.05, 0) is 50.3 Å². The summed E-state index contributed by atoms with van der Waals surface area (Å²) in [6.07, 6.45) is 5.39. The van der Waals surface area contributed by atoms with Crippen LogP contribution in [0.3, 0.4) is 0 Å². The Kier molecular flexibility index (Phi) is 6.28. The zero-order valence-corrected chi connectivity index (χ0v) is 17.9. The van der Waals surface area contributed by atoms with E-state index in [0.717, 1.165) is 69.3 Å². The van der Waals surface area contributed by atoms with E-state index in [4.69, 9.17) is 9.72 Å². The van der Waals surface area contributed by atoms with Crippen LogP contribution in [0.15, 0.2) is 12.1 Å². The minimum atomic E-state index is 0.179. The monoisotopic (exact) mass is 401 g/mol. The zero-order valence-electron chi connectivity index (χ0n) is 17.1. The van der Waals surface area contributed by atoms with E-state index in [2.05, 4.69) is 30.9 Å². The Morgan fingerprint density at radius 3 is 2.75 bits per heavy atom. The van der Waals surface area contributed by atoms with Gasteiger partial charge in [0.25, 0.3) is 0 Å². The first-order valence-electron chi connectivity index (χ1n) is 10.6. The maximum Gasteiger partial charge on any atom is 0.231 e. The smallest absolute Gasteiger partial charge is 0.231 e. The maximum atomic E-state index is 13.3. The van der Waals surface area contributed by atoms with Gasteiger partial charge in [0.15, 0.2) is 5.13 Å². The Morgan fingerprint density at radius 2 is 2.00 bits per heavy atom. The Balaban J connectivity index is 1.53. The molecular weight excluding hydrogens is 370 g/mol. The van der Waals surface area contributed by atoms with Crippen LogP contribution in [-0.4, -0.2) is 55.2 Å². The summed E-state index contributed by atoms with van der Waals surface area (Å²) in [6, 6.07) is 4.33. The first-order valence-corrected chi connectivity index (χ1v) is 11.4. The second-order valence-corrected chi connectivity index (χ2v) is 9.18. The Morgan fingerprint density at radius 1 is 1.25 bits per heavy atom. The highest BCUT2D eigenvalue weighted by molar-refractivity contribution is 7.22. The third-order valence-corrected chi connectivity index (χ3v) is 7.20. The van der Waals surface area contributed by atoms with Gasteiger partial charge in [0, 0.05) is 32.1 Å². The van der Waals surface area contributed by atoms with E-state index in [1.165, 1.54) is 28.7 Å². The number of rotatable bonds is 6. The molecule has 0 unspecified atom stereocenters. The molecule has 152 valence electrons. The number of nitrogens with zero attached hydrogens (tertiary/aromatic N) is 3. The van der Waals surface area contributed by atoms with Crippen molar-refractivity contribution in [1.29, 1.82) is 0 Å². The van der Waals surface area contributed by atoms with Crippen molar-refractivity contribution < 1.29 is 9.53 Å². The van der Waals surface area contributed by atoms with Gasteiger partial charge in [-0.25, -0.2) is 4.98 Å². The summed E-state index contributed by atoms with van der Waals surface area (Å²) in [5.74, 6) is 0.464. The molecule has 6 heteroatoms. The van der Waals surface area contributed by atoms with Crippen molar-refractivity contribution in [2.75, 3.05) is 44.3 Å². The normalized spacial score (nSPS) is 18.8. The van der Waals surface area contributed by atoms with E-state index in [1.54, 1.807) is 11.3 Å². The van der Waals surface area contributed by atoms with Gasteiger partial charge in [0.05, 0.1) is 23.4 Å². The number of ether oxygens (including phenoxy) is 1. The third-order valence-electron chi connectivity index (χ3n) is 5.97. The molecule has 1 aromatic heterocycles. The van der Waals surface area contributed by atoms with Crippen LogP contribution in [0, 0.1) is 19.8 Å². The van der Waals surface area contributed by atoms with Crippen molar-refractivity contribution in [3.8, 4) is 0 Å². The van der Waals surface area contributed by atoms with Crippen molar-refractivity contribution in [2.24, 2.45) is 5.92 Å². The lowest BCUT2D eigenvalue weighted by Crippen LogP contribution is -2.40.